The van der Waals surface area contributed by atoms with Crippen molar-refractivity contribution in [2.24, 2.45) is 0 Å². The standard InChI is InChI=1S/C12H9ClN2O2/c13-7-3-1-4-8-10(7)12(17)15-6-2-5-9(15)11(16)14-8/h1-5,9H,6H2,(H,14,16)/t9-/m0/s1. The molecule has 2 aliphatic rings. The Morgan fingerprint density at radius 3 is 3.00 bits per heavy atom. The number of rotatable bonds is 0. The van der Waals surface area contributed by atoms with Crippen molar-refractivity contribution in [2.45, 2.75) is 6.04 Å². The monoisotopic (exact) mass is 248 g/mol. The summed E-state index contributed by atoms with van der Waals surface area (Å²) < 4.78 is 0. The molecule has 0 radical (unpaired) electrons. The van der Waals surface area contributed by atoms with Crippen molar-refractivity contribution in [1.29, 1.82) is 0 Å². The maximum absolute atomic E-state index is 12.3. The SMILES string of the molecule is O=C1Nc2cccc(Cl)c2C(=O)N2CC=C[C@@H]12. The van der Waals surface area contributed by atoms with Crippen molar-refractivity contribution in [2.75, 3.05) is 11.9 Å². The second-order valence-electron chi connectivity index (χ2n) is 3.98. The van der Waals surface area contributed by atoms with E-state index in [2.05, 4.69) is 5.32 Å². The molecule has 4 nitrogen and oxygen atoms in total. The normalized spacial score (nSPS) is 21.9. The summed E-state index contributed by atoms with van der Waals surface area (Å²) in [6.45, 7) is 0.446. The van der Waals surface area contributed by atoms with Crippen LogP contribution in [0.3, 0.4) is 0 Å². The lowest BCUT2D eigenvalue weighted by Gasteiger charge is -2.20. The number of nitrogens with one attached hydrogen (secondary N) is 1. The number of nitrogens with zero attached hydrogens (tertiary/aromatic N) is 1. The van der Waals surface area contributed by atoms with E-state index < -0.39 is 6.04 Å². The number of hydrogen-bond acceptors (Lipinski definition) is 2. The van der Waals surface area contributed by atoms with Gasteiger partial charge in [-0.1, -0.05) is 29.8 Å². The fourth-order valence-electron chi connectivity index (χ4n) is 2.15. The van der Waals surface area contributed by atoms with Gasteiger partial charge in [-0.25, -0.2) is 0 Å². The fourth-order valence-corrected chi connectivity index (χ4v) is 2.41. The highest BCUT2D eigenvalue weighted by atomic mass is 35.5. The van der Waals surface area contributed by atoms with Crippen LogP contribution in [0.2, 0.25) is 5.02 Å². The zero-order valence-electron chi connectivity index (χ0n) is 8.81. The van der Waals surface area contributed by atoms with Crippen molar-refractivity contribution in [3.05, 3.63) is 40.9 Å². The Bertz CT molecular complexity index is 553. The van der Waals surface area contributed by atoms with Crippen molar-refractivity contribution in [3.8, 4) is 0 Å². The molecule has 1 aromatic rings. The predicted octanol–water partition coefficient (Wildman–Crippen LogP) is 1.67. The predicted molar refractivity (Wildman–Crippen MR) is 64.0 cm³/mol. The van der Waals surface area contributed by atoms with Gasteiger partial charge >= 0.3 is 0 Å². The van der Waals surface area contributed by atoms with Gasteiger partial charge < -0.3 is 10.2 Å². The van der Waals surface area contributed by atoms with E-state index in [-0.39, 0.29) is 11.8 Å². The van der Waals surface area contributed by atoms with Gasteiger partial charge in [0.15, 0.2) is 0 Å². The molecule has 0 bridgehead atoms. The molecule has 0 aromatic heterocycles. The van der Waals surface area contributed by atoms with E-state index in [9.17, 15) is 9.59 Å². The van der Waals surface area contributed by atoms with Crippen molar-refractivity contribution in [1.82, 2.24) is 4.90 Å². The molecule has 5 heteroatoms. The molecule has 1 aromatic carbocycles. The molecule has 2 amide bonds. The first-order chi connectivity index (χ1) is 8.18. The molecule has 86 valence electrons. The Hall–Kier alpha value is -1.81. The molecule has 2 heterocycles. The summed E-state index contributed by atoms with van der Waals surface area (Å²) in [5.41, 5.74) is 0.851. The van der Waals surface area contributed by atoms with Crippen LogP contribution in [0.25, 0.3) is 0 Å². The van der Waals surface area contributed by atoms with Gasteiger partial charge in [-0.05, 0) is 12.1 Å². The molecule has 0 saturated carbocycles. The van der Waals surface area contributed by atoms with Crippen LogP contribution in [0, 0.1) is 0 Å². The average Bonchev–Trinajstić information content (AvgIpc) is 2.73. The van der Waals surface area contributed by atoms with E-state index in [1.54, 1.807) is 24.3 Å². The van der Waals surface area contributed by atoms with Gasteiger partial charge in [0, 0.05) is 6.54 Å². The summed E-state index contributed by atoms with van der Waals surface area (Å²) in [5, 5.41) is 3.09. The molecule has 0 saturated heterocycles. The first kappa shape index (κ1) is 10.4. The van der Waals surface area contributed by atoms with Crippen molar-refractivity contribution < 1.29 is 9.59 Å². The molecule has 0 unspecified atom stereocenters. The third kappa shape index (κ3) is 1.45. The fraction of sp³-hybridized carbons (Fsp3) is 0.167. The molecule has 0 aliphatic carbocycles. The van der Waals surface area contributed by atoms with Crippen LogP contribution in [0.5, 0.6) is 0 Å². The molecule has 0 fully saturated rings. The third-order valence-corrected chi connectivity index (χ3v) is 3.29. The van der Waals surface area contributed by atoms with Crippen LogP contribution in [0.4, 0.5) is 5.69 Å². The summed E-state index contributed by atoms with van der Waals surface area (Å²) in [6.07, 6.45) is 3.54. The van der Waals surface area contributed by atoms with Crippen LogP contribution in [0.1, 0.15) is 10.4 Å². The van der Waals surface area contributed by atoms with Gasteiger partial charge in [0.05, 0.1) is 16.3 Å². The molecular formula is C12H9ClN2O2. The van der Waals surface area contributed by atoms with Crippen LogP contribution in [0.15, 0.2) is 30.4 Å². The maximum atomic E-state index is 12.3. The molecule has 1 N–H and O–H groups in total. The maximum Gasteiger partial charge on any atom is 0.258 e. The van der Waals surface area contributed by atoms with Crippen LogP contribution < -0.4 is 5.32 Å². The molecule has 1 atom stereocenters. The topological polar surface area (TPSA) is 49.4 Å². The quantitative estimate of drug-likeness (QED) is 0.710. The van der Waals surface area contributed by atoms with Crippen LogP contribution in [-0.4, -0.2) is 29.3 Å². The first-order valence-electron chi connectivity index (χ1n) is 5.25. The number of carbonyl (C=O) groups is 2. The molecule has 0 spiro atoms. The Balaban J connectivity index is 2.17. The van der Waals surface area contributed by atoms with Crippen LogP contribution >= 0.6 is 11.6 Å². The van der Waals surface area contributed by atoms with E-state index in [4.69, 9.17) is 11.6 Å². The highest BCUT2D eigenvalue weighted by molar-refractivity contribution is 6.35. The van der Waals surface area contributed by atoms with Gasteiger partial charge in [0.2, 0.25) is 0 Å². The number of halogens is 1. The lowest BCUT2D eigenvalue weighted by atomic mass is 10.1. The average molecular weight is 249 g/mol. The summed E-state index contributed by atoms with van der Waals surface area (Å²) in [5.74, 6) is -0.410. The van der Waals surface area contributed by atoms with Gasteiger partial charge in [-0.15, -0.1) is 0 Å². The summed E-state index contributed by atoms with van der Waals surface area (Å²) in [4.78, 5) is 25.7. The van der Waals surface area contributed by atoms with E-state index in [1.807, 2.05) is 6.08 Å². The number of anilines is 1. The first-order valence-corrected chi connectivity index (χ1v) is 5.63. The molecule has 3 rings (SSSR count). The van der Waals surface area contributed by atoms with Gasteiger partial charge in [-0.3, -0.25) is 9.59 Å². The summed E-state index contributed by atoms with van der Waals surface area (Å²) >= 11 is 6.03. The van der Waals surface area contributed by atoms with Crippen molar-refractivity contribution >= 4 is 29.1 Å². The largest absolute Gasteiger partial charge is 0.323 e. The lowest BCUT2D eigenvalue weighted by Crippen LogP contribution is -2.40. The molecular weight excluding hydrogens is 240 g/mol. The minimum absolute atomic E-state index is 0.201. The Labute approximate surface area is 103 Å². The number of carbonyl (C=O) groups excluding carboxylic acids is 2. The minimum Gasteiger partial charge on any atom is -0.323 e. The second-order valence-corrected chi connectivity index (χ2v) is 4.39. The number of amides is 2. The van der Waals surface area contributed by atoms with E-state index in [0.29, 0.717) is 22.8 Å². The Morgan fingerprint density at radius 1 is 1.35 bits per heavy atom. The Kier molecular flexibility index (Phi) is 2.19. The van der Waals surface area contributed by atoms with Crippen molar-refractivity contribution in [3.63, 3.8) is 0 Å². The number of hydrogen-bond donors (Lipinski definition) is 1. The Morgan fingerprint density at radius 2 is 2.18 bits per heavy atom. The van der Waals surface area contributed by atoms with Crippen LogP contribution in [-0.2, 0) is 4.79 Å². The number of fused-ring (bicyclic) bond motifs is 2. The zero-order valence-corrected chi connectivity index (χ0v) is 9.57. The summed E-state index contributed by atoms with van der Waals surface area (Å²) in [6, 6.07) is 4.52. The summed E-state index contributed by atoms with van der Waals surface area (Å²) in [7, 11) is 0. The van der Waals surface area contributed by atoms with Gasteiger partial charge in [0.25, 0.3) is 11.8 Å². The van der Waals surface area contributed by atoms with E-state index >= 15 is 0 Å². The molecule has 17 heavy (non-hydrogen) atoms. The zero-order chi connectivity index (χ0) is 12.0. The minimum atomic E-state index is -0.522. The van der Waals surface area contributed by atoms with Gasteiger partial charge in [-0.2, -0.15) is 0 Å². The number of benzene rings is 1. The second kappa shape index (κ2) is 3.60. The van der Waals surface area contributed by atoms with E-state index in [1.165, 1.54) is 4.90 Å². The molecule has 2 aliphatic heterocycles. The highest BCUT2D eigenvalue weighted by Crippen LogP contribution is 2.30. The van der Waals surface area contributed by atoms with Gasteiger partial charge in [0.1, 0.15) is 6.04 Å². The third-order valence-electron chi connectivity index (χ3n) is 2.97. The highest BCUT2D eigenvalue weighted by Gasteiger charge is 2.36. The lowest BCUT2D eigenvalue weighted by molar-refractivity contribution is -0.118. The van der Waals surface area contributed by atoms with E-state index in [0.717, 1.165) is 0 Å². The smallest absolute Gasteiger partial charge is 0.258 e.